The van der Waals surface area contributed by atoms with Crippen molar-refractivity contribution in [2.24, 2.45) is 0 Å². The van der Waals surface area contributed by atoms with Crippen LogP contribution >= 0.6 is 0 Å². The number of nitrogens with zero attached hydrogens (tertiary/aromatic N) is 2. The van der Waals surface area contributed by atoms with Gasteiger partial charge < -0.3 is 4.90 Å². The van der Waals surface area contributed by atoms with E-state index in [1.54, 1.807) is 18.0 Å². The molecule has 1 aromatic rings. The average molecular weight is 184 g/mol. The third-order valence-corrected chi connectivity index (χ3v) is 2.09. The Balaban J connectivity index is 2.21. The lowest BCUT2D eigenvalue weighted by molar-refractivity contribution is 0.271. The molecule has 0 aromatic carbocycles. The van der Waals surface area contributed by atoms with Crippen molar-refractivity contribution in [3.8, 4) is 0 Å². The molecule has 0 atom stereocenters. The van der Waals surface area contributed by atoms with Crippen molar-refractivity contribution < 1.29 is 8.78 Å². The average Bonchev–Trinajstić information content (AvgIpc) is 2.00. The fraction of sp³-hybridized carbons (Fsp3) is 0.444. The van der Waals surface area contributed by atoms with Gasteiger partial charge in [0.05, 0.1) is 13.1 Å². The van der Waals surface area contributed by atoms with Gasteiger partial charge in [-0.3, -0.25) is 0 Å². The van der Waals surface area contributed by atoms with Crippen molar-refractivity contribution in [3.05, 3.63) is 23.6 Å². The summed E-state index contributed by atoms with van der Waals surface area (Å²) in [5.41, 5.74) is 0.776. The van der Waals surface area contributed by atoms with Gasteiger partial charge in [-0.2, -0.15) is 0 Å². The minimum Gasteiger partial charge on any atom is -0.348 e. The van der Waals surface area contributed by atoms with Crippen LogP contribution in [-0.2, 0) is 0 Å². The highest BCUT2D eigenvalue weighted by Gasteiger charge is 2.29. The van der Waals surface area contributed by atoms with Crippen LogP contribution in [0.1, 0.15) is 5.56 Å². The van der Waals surface area contributed by atoms with Gasteiger partial charge in [-0.1, -0.05) is 0 Å². The summed E-state index contributed by atoms with van der Waals surface area (Å²) in [5.74, 6) is -0.105. The number of anilines is 1. The first kappa shape index (κ1) is 8.41. The zero-order chi connectivity index (χ0) is 9.42. The zero-order valence-electron chi connectivity index (χ0n) is 7.30. The molecular weight excluding hydrogens is 174 g/mol. The van der Waals surface area contributed by atoms with E-state index in [-0.39, 0.29) is 24.7 Å². The van der Waals surface area contributed by atoms with Gasteiger partial charge in [0.1, 0.15) is 6.17 Å². The standard InChI is InChI=1S/C9H10F2N2/c1-6-2-8(11)9(12-3-6)13-4-7(10)5-13/h2-3,7H,4-5H2,1H3. The Morgan fingerprint density at radius 3 is 2.77 bits per heavy atom. The van der Waals surface area contributed by atoms with E-state index in [0.717, 1.165) is 5.56 Å². The molecule has 1 aliphatic heterocycles. The fourth-order valence-electron chi connectivity index (χ4n) is 1.36. The summed E-state index contributed by atoms with van der Waals surface area (Å²) >= 11 is 0. The largest absolute Gasteiger partial charge is 0.348 e. The van der Waals surface area contributed by atoms with Gasteiger partial charge >= 0.3 is 0 Å². The van der Waals surface area contributed by atoms with Crippen LogP contribution in [0.5, 0.6) is 0 Å². The van der Waals surface area contributed by atoms with Crippen molar-refractivity contribution >= 4 is 5.82 Å². The van der Waals surface area contributed by atoms with Gasteiger partial charge in [0.2, 0.25) is 0 Å². The summed E-state index contributed by atoms with van der Waals surface area (Å²) in [7, 11) is 0. The van der Waals surface area contributed by atoms with Crippen molar-refractivity contribution in [2.75, 3.05) is 18.0 Å². The molecule has 0 N–H and O–H groups in total. The first-order valence-electron chi connectivity index (χ1n) is 4.18. The summed E-state index contributed by atoms with van der Waals surface area (Å²) in [6.07, 6.45) is 0.756. The van der Waals surface area contributed by atoms with Crippen LogP contribution in [0, 0.1) is 12.7 Å². The Bertz CT molecular complexity index is 321. The van der Waals surface area contributed by atoms with Gasteiger partial charge in [-0.05, 0) is 18.6 Å². The Hall–Kier alpha value is -1.19. The van der Waals surface area contributed by atoms with Gasteiger partial charge in [0.15, 0.2) is 11.6 Å². The van der Waals surface area contributed by atoms with Crippen LogP contribution in [0.25, 0.3) is 0 Å². The topological polar surface area (TPSA) is 16.1 Å². The highest BCUT2D eigenvalue weighted by Crippen LogP contribution is 2.23. The maximum Gasteiger partial charge on any atom is 0.165 e. The van der Waals surface area contributed by atoms with Crippen LogP contribution in [0.2, 0.25) is 0 Å². The molecule has 70 valence electrons. The number of hydrogen-bond acceptors (Lipinski definition) is 2. The number of pyridine rings is 1. The number of rotatable bonds is 1. The minimum atomic E-state index is -0.831. The molecule has 0 aliphatic carbocycles. The van der Waals surface area contributed by atoms with Crippen molar-refractivity contribution in [1.82, 2.24) is 4.98 Å². The highest BCUT2D eigenvalue weighted by molar-refractivity contribution is 5.44. The molecule has 0 bridgehead atoms. The zero-order valence-corrected chi connectivity index (χ0v) is 7.30. The van der Waals surface area contributed by atoms with Crippen LogP contribution < -0.4 is 4.90 Å². The van der Waals surface area contributed by atoms with E-state index in [9.17, 15) is 8.78 Å². The molecule has 1 aliphatic rings. The predicted octanol–water partition coefficient (Wildman–Crippen LogP) is 1.69. The second-order valence-electron chi connectivity index (χ2n) is 3.32. The summed E-state index contributed by atoms with van der Waals surface area (Å²) in [5, 5.41) is 0. The minimum absolute atomic E-state index is 0.257. The summed E-state index contributed by atoms with van der Waals surface area (Å²) < 4.78 is 25.7. The van der Waals surface area contributed by atoms with E-state index in [1.165, 1.54) is 6.07 Å². The first-order valence-corrected chi connectivity index (χ1v) is 4.18. The van der Waals surface area contributed by atoms with Crippen molar-refractivity contribution in [3.63, 3.8) is 0 Å². The number of aromatic nitrogens is 1. The lowest BCUT2D eigenvalue weighted by Crippen LogP contribution is -2.49. The lowest BCUT2D eigenvalue weighted by atomic mass is 10.2. The fourth-order valence-corrected chi connectivity index (χ4v) is 1.36. The predicted molar refractivity (Wildman–Crippen MR) is 46.0 cm³/mol. The van der Waals surface area contributed by atoms with E-state index in [0.29, 0.717) is 0 Å². The Morgan fingerprint density at radius 1 is 1.54 bits per heavy atom. The normalized spacial score (nSPS) is 17.3. The highest BCUT2D eigenvalue weighted by atomic mass is 19.1. The molecule has 1 saturated heterocycles. The molecule has 0 amide bonds. The van der Waals surface area contributed by atoms with Crippen LogP contribution in [0.4, 0.5) is 14.6 Å². The molecule has 0 saturated carbocycles. The second-order valence-corrected chi connectivity index (χ2v) is 3.32. The monoisotopic (exact) mass is 184 g/mol. The molecule has 0 radical (unpaired) electrons. The van der Waals surface area contributed by atoms with Crippen LogP contribution in [-0.4, -0.2) is 24.2 Å². The molecule has 1 fully saturated rings. The number of alkyl halides is 1. The molecule has 2 nitrogen and oxygen atoms in total. The SMILES string of the molecule is Cc1cnc(N2CC(F)C2)c(F)c1. The third kappa shape index (κ3) is 1.48. The second kappa shape index (κ2) is 2.94. The summed E-state index contributed by atoms with van der Waals surface area (Å²) in [6, 6.07) is 1.41. The van der Waals surface area contributed by atoms with Gasteiger partial charge in [-0.15, -0.1) is 0 Å². The molecule has 2 heterocycles. The number of halogens is 2. The maximum absolute atomic E-state index is 13.2. The Kier molecular flexibility index (Phi) is 1.90. The molecule has 0 unspecified atom stereocenters. The first-order chi connectivity index (χ1) is 6.16. The molecule has 1 aromatic heterocycles. The lowest BCUT2D eigenvalue weighted by Gasteiger charge is -2.35. The van der Waals surface area contributed by atoms with Gasteiger partial charge in [0, 0.05) is 6.20 Å². The molecule has 2 rings (SSSR count). The Morgan fingerprint density at radius 2 is 2.23 bits per heavy atom. The molecule has 13 heavy (non-hydrogen) atoms. The van der Waals surface area contributed by atoms with Crippen LogP contribution in [0.15, 0.2) is 12.3 Å². The summed E-state index contributed by atoms with van der Waals surface area (Å²) in [6.45, 7) is 2.29. The van der Waals surface area contributed by atoms with E-state index in [2.05, 4.69) is 4.98 Å². The Labute approximate surface area is 75.2 Å². The van der Waals surface area contributed by atoms with E-state index < -0.39 is 6.17 Å². The number of aryl methyl sites for hydroxylation is 1. The maximum atomic E-state index is 13.2. The van der Waals surface area contributed by atoms with Gasteiger partial charge in [0.25, 0.3) is 0 Å². The molecule has 0 spiro atoms. The van der Waals surface area contributed by atoms with Crippen molar-refractivity contribution in [1.29, 1.82) is 0 Å². The van der Waals surface area contributed by atoms with E-state index in [4.69, 9.17) is 0 Å². The van der Waals surface area contributed by atoms with Crippen molar-refractivity contribution in [2.45, 2.75) is 13.1 Å². The van der Waals surface area contributed by atoms with Crippen LogP contribution in [0.3, 0.4) is 0 Å². The number of hydrogen-bond donors (Lipinski definition) is 0. The summed E-state index contributed by atoms with van der Waals surface area (Å²) in [4.78, 5) is 5.52. The third-order valence-electron chi connectivity index (χ3n) is 2.09. The van der Waals surface area contributed by atoms with Gasteiger partial charge in [-0.25, -0.2) is 13.8 Å². The molecule has 4 heteroatoms. The van der Waals surface area contributed by atoms with E-state index >= 15 is 0 Å². The van der Waals surface area contributed by atoms with E-state index in [1.807, 2.05) is 0 Å². The molecular formula is C9H10F2N2. The quantitative estimate of drug-likeness (QED) is 0.660. The smallest absolute Gasteiger partial charge is 0.165 e.